The van der Waals surface area contributed by atoms with E-state index in [0.29, 0.717) is 0 Å². The molecule has 0 spiro atoms. The average Bonchev–Trinajstić information content (AvgIpc) is 2.75. The first-order valence-corrected chi connectivity index (χ1v) is 6.92. The Morgan fingerprint density at radius 1 is 0.941 bits per heavy atom. The molecule has 4 heteroatoms. The zero-order valence-electron chi connectivity index (χ0n) is 8.74. The van der Waals surface area contributed by atoms with Crippen molar-refractivity contribution in [1.29, 1.82) is 0 Å². The van der Waals surface area contributed by atoms with Crippen LogP contribution in [-0.4, -0.2) is 0 Å². The molecule has 2 nitrogen and oxygen atoms in total. The van der Waals surface area contributed by atoms with E-state index >= 15 is 0 Å². The summed E-state index contributed by atoms with van der Waals surface area (Å²) in [5.74, 6) is 1.85. The molecule has 0 amide bonds. The van der Waals surface area contributed by atoms with Crippen molar-refractivity contribution in [2.75, 3.05) is 0 Å². The van der Waals surface area contributed by atoms with Crippen molar-refractivity contribution >= 4 is 46.0 Å². The summed E-state index contributed by atoms with van der Waals surface area (Å²) in [6.07, 6.45) is 0.914. The van der Waals surface area contributed by atoms with Crippen LogP contribution in [0.4, 0.5) is 0 Å². The number of hydrogen-bond acceptors (Lipinski definition) is 2. The van der Waals surface area contributed by atoms with E-state index in [1.165, 1.54) is 22.3 Å². The third-order valence-electron chi connectivity index (χ3n) is 3.04. The molecule has 0 heterocycles. The minimum atomic E-state index is 0.897. The Hall–Kier alpha value is -0.500. The number of hydrogen-bond donors (Lipinski definition) is 0. The number of rotatable bonds is 2. The lowest BCUT2D eigenvalue weighted by Crippen LogP contribution is -1.85. The SMILES string of the molecule is IOc1ccc2c(c1)Cc1c(OI)cccc1-2. The van der Waals surface area contributed by atoms with E-state index in [1.807, 2.05) is 64.2 Å². The van der Waals surface area contributed by atoms with Crippen LogP contribution in [0.5, 0.6) is 11.5 Å². The van der Waals surface area contributed by atoms with E-state index in [4.69, 9.17) is 6.13 Å². The predicted octanol–water partition coefficient (Wildman–Crippen LogP) is 4.72. The van der Waals surface area contributed by atoms with Gasteiger partial charge in [-0.05, 0) is 34.9 Å². The molecule has 3 rings (SSSR count). The summed E-state index contributed by atoms with van der Waals surface area (Å²) in [5.41, 5.74) is 5.12. The molecule has 0 atom stereocenters. The molecule has 2 aromatic carbocycles. The molecule has 0 fully saturated rings. The summed E-state index contributed by atoms with van der Waals surface area (Å²) in [6, 6.07) is 12.4. The van der Waals surface area contributed by atoms with Crippen LogP contribution in [-0.2, 0) is 6.42 Å². The first kappa shape index (κ1) is 11.6. The summed E-state index contributed by atoms with van der Waals surface area (Å²) in [4.78, 5) is 0. The van der Waals surface area contributed by atoms with Gasteiger partial charge in [0.1, 0.15) is 11.5 Å². The molecule has 0 aliphatic heterocycles. The highest BCUT2D eigenvalue weighted by Crippen LogP contribution is 2.42. The molecule has 0 N–H and O–H groups in total. The van der Waals surface area contributed by atoms with Crippen LogP contribution in [0.2, 0.25) is 0 Å². The minimum absolute atomic E-state index is 0.897. The van der Waals surface area contributed by atoms with Crippen molar-refractivity contribution < 1.29 is 6.13 Å². The molecule has 1 aliphatic rings. The van der Waals surface area contributed by atoms with E-state index < -0.39 is 0 Å². The van der Waals surface area contributed by atoms with Gasteiger partial charge in [-0.3, -0.25) is 0 Å². The molecule has 2 aromatic rings. The fourth-order valence-corrected chi connectivity index (χ4v) is 2.98. The Labute approximate surface area is 128 Å². The number of fused-ring (bicyclic) bond motifs is 3. The van der Waals surface area contributed by atoms with Gasteiger partial charge in [0.05, 0.1) is 0 Å². The molecule has 0 unspecified atom stereocenters. The van der Waals surface area contributed by atoms with E-state index in [-0.39, 0.29) is 0 Å². The highest BCUT2D eigenvalue weighted by Gasteiger charge is 2.22. The Kier molecular flexibility index (Phi) is 3.16. The van der Waals surface area contributed by atoms with Crippen LogP contribution in [0.25, 0.3) is 11.1 Å². The topological polar surface area (TPSA) is 18.5 Å². The second kappa shape index (κ2) is 4.64. The van der Waals surface area contributed by atoms with Gasteiger partial charge in [-0.25, -0.2) is 0 Å². The monoisotopic (exact) mass is 450 g/mol. The van der Waals surface area contributed by atoms with Crippen LogP contribution < -0.4 is 6.13 Å². The van der Waals surface area contributed by atoms with E-state index in [1.54, 1.807) is 0 Å². The van der Waals surface area contributed by atoms with Crippen LogP contribution in [0, 0.1) is 0 Å². The van der Waals surface area contributed by atoms with Crippen molar-refractivity contribution in [3.63, 3.8) is 0 Å². The molecule has 86 valence electrons. The first-order chi connectivity index (χ1) is 8.33. The lowest BCUT2D eigenvalue weighted by atomic mass is 10.1. The molecule has 0 saturated carbocycles. The van der Waals surface area contributed by atoms with Crippen molar-refractivity contribution in [3.8, 4) is 22.6 Å². The summed E-state index contributed by atoms with van der Waals surface area (Å²) in [7, 11) is 0. The van der Waals surface area contributed by atoms with Crippen molar-refractivity contribution in [2.45, 2.75) is 6.42 Å². The van der Waals surface area contributed by atoms with E-state index in [0.717, 1.165) is 17.9 Å². The van der Waals surface area contributed by atoms with Crippen molar-refractivity contribution in [3.05, 3.63) is 47.5 Å². The minimum Gasteiger partial charge on any atom is -0.428 e. The quantitative estimate of drug-likeness (QED) is 0.527. The summed E-state index contributed by atoms with van der Waals surface area (Å²) < 4.78 is 10.6. The zero-order chi connectivity index (χ0) is 11.8. The fourth-order valence-electron chi connectivity index (χ4n) is 2.29. The molecule has 1 aliphatic carbocycles. The maximum Gasteiger partial charge on any atom is 0.192 e. The van der Waals surface area contributed by atoms with Gasteiger partial charge in [-0.15, -0.1) is 0 Å². The van der Waals surface area contributed by atoms with Crippen molar-refractivity contribution in [1.82, 2.24) is 0 Å². The Morgan fingerprint density at radius 2 is 1.82 bits per heavy atom. The van der Waals surface area contributed by atoms with Gasteiger partial charge in [0.15, 0.2) is 46.0 Å². The average molecular weight is 450 g/mol. The largest absolute Gasteiger partial charge is 0.428 e. The number of benzene rings is 2. The predicted molar refractivity (Wildman–Crippen MR) is 84.0 cm³/mol. The highest BCUT2D eigenvalue weighted by atomic mass is 127. The molecule has 0 aromatic heterocycles. The molecular weight excluding hydrogens is 442 g/mol. The van der Waals surface area contributed by atoms with Crippen molar-refractivity contribution in [2.24, 2.45) is 0 Å². The second-order valence-corrected chi connectivity index (χ2v) is 4.81. The smallest absolute Gasteiger partial charge is 0.192 e. The Bertz CT molecular complexity index is 582. The van der Waals surface area contributed by atoms with Crippen LogP contribution in [0.15, 0.2) is 36.4 Å². The lowest BCUT2D eigenvalue weighted by Gasteiger charge is -2.04. The summed E-state index contributed by atoms with van der Waals surface area (Å²) >= 11 is 3.84. The third kappa shape index (κ3) is 1.91. The second-order valence-electron chi connectivity index (χ2n) is 3.93. The van der Waals surface area contributed by atoms with Crippen LogP contribution in [0.1, 0.15) is 11.1 Å². The maximum atomic E-state index is 5.38. The normalized spacial score (nSPS) is 11.9. The first-order valence-electron chi connectivity index (χ1n) is 5.16. The van der Waals surface area contributed by atoms with Gasteiger partial charge < -0.3 is 6.13 Å². The van der Waals surface area contributed by atoms with Crippen LogP contribution >= 0.6 is 46.0 Å². The van der Waals surface area contributed by atoms with E-state index in [9.17, 15) is 0 Å². The maximum absolute atomic E-state index is 5.38. The molecule has 0 bridgehead atoms. The van der Waals surface area contributed by atoms with Gasteiger partial charge in [0.2, 0.25) is 0 Å². The standard InChI is InChI=1S/C13H8I2O2/c14-16-9-4-5-10-8(6-9)7-12-11(10)2-1-3-13(12)17-15/h1-6H,7H2. The molecule has 0 radical (unpaired) electrons. The zero-order valence-corrected chi connectivity index (χ0v) is 13.1. The van der Waals surface area contributed by atoms with Gasteiger partial charge in [-0.1, -0.05) is 18.2 Å². The summed E-state index contributed by atoms with van der Waals surface area (Å²) in [6.45, 7) is 0. The Balaban J connectivity index is 2.16. The third-order valence-corrected chi connectivity index (χ3v) is 4.02. The van der Waals surface area contributed by atoms with Crippen LogP contribution in [0.3, 0.4) is 0 Å². The van der Waals surface area contributed by atoms with Gasteiger partial charge in [-0.2, -0.15) is 0 Å². The molecule has 17 heavy (non-hydrogen) atoms. The van der Waals surface area contributed by atoms with E-state index in [2.05, 4.69) is 18.2 Å². The molecule has 0 saturated heterocycles. The highest BCUT2D eigenvalue weighted by molar-refractivity contribution is 14.1. The van der Waals surface area contributed by atoms with Gasteiger partial charge >= 0.3 is 0 Å². The van der Waals surface area contributed by atoms with Gasteiger partial charge in [0.25, 0.3) is 0 Å². The lowest BCUT2D eigenvalue weighted by molar-refractivity contribution is 0.705. The summed E-state index contributed by atoms with van der Waals surface area (Å²) in [5, 5.41) is 0. The van der Waals surface area contributed by atoms with Gasteiger partial charge in [0, 0.05) is 12.0 Å². The Morgan fingerprint density at radius 3 is 2.59 bits per heavy atom. The molecular formula is C13H8I2O2. The number of halogens is 2. The fraction of sp³-hybridized carbons (Fsp3) is 0.0769.